The molecule has 119 valence electrons. The number of nitrogens with zero attached hydrogens (tertiary/aromatic N) is 1. The maximum Gasteiger partial charge on any atom is 0.166 e. The van der Waals surface area contributed by atoms with Crippen LogP contribution in [0.15, 0.2) is 54.6 Å². The number of hydrogen-bond acceptors (Lipinski definition) is 2. The van der Waals surface area contributed by atoms with Crippen molar-refractivity contribution in [3.8, 4) is 0 Å². The molecule has 0 aliphatic carbocycles. The van der Waals surface area contributed by atoms with E-state index in [0.717, 1.165) is 32.5 Å². The highest BCUT2D eigenvalue weighted by molar-refractivity contribution is 5.97. The number of rotatable bonds is 5. The highest BCUT2D eigenvalue weighted by Crippen LogP contribution is 2.22. The molecule has 0 N–H and O–H groups in total. The number of carbonyl (C=O) groups is 1. The van der Waals surface area contributed by atoms with Gasteiger partial charge >= 0.3 is 0 Å². The van der Waals surface area contributed by atoms with Crippen molar-refractivity contribution in [1.29, 1.82) is 0 Å². The molecule has 3 heteroatoms. The number of Topliss-reactive ketones (excluding diaryl/α,β-unsaturated/α-hetero) is 1. The van der Waals surface area contributed by atoms with Gasteiger partial charge in [-0.05, 0) is 55.8 Å². The molecular weight excluding hydrogens is 289 g/mol. The predicted octanol–water partition coefficient (Wildman–Crippen LogP) is 3.97. The average Bonchev–Trinajstić information content (AvgIpc) is 2.61. The van der Waals surface area contributed by atoms with Crippen LogP contribution in [0.25, 0.3) is 0 Å². The van der Waals surface area contributed by atoms with Crippen molar-refractivity contribution >= 4 is 5.78 Å². The molecule has 1 saturated heterocycles. The van der Waals surface area contributed by atoms with Gasteiger partial charge in [-0.3, -0.25) is 4.79 Å². The summed E-state index contributed by atoms with van der Waals surface area (Å²) in [4.78, 5) is 14.8. The summed E-state index contributed by atoms with van der Waals surface area (Å²) in [5.41, 5.74) is 1.86. The largest absolute Gasteiger partial charge is 0.303 e. The van der Waals surface area contributed by atoms with Crippen molar-refractivity contribution < 1.29 is 9.18 Å². The zero-order chi connectivity index (χ0) is 16.1. The molecule has 23 heavy (non-hydrogen) atoms. The molecule has 0 atom stereocenters. The van der Waals surface area contributed by atoms with Crippen molar-refractivity contribution in [3.63, 3.8) is 0 Å². The first kappa shape index (κ1) is 15.9. The van der Waals surface area contributed by atoms with Gasteiger partial charge in [0, 0.05) is 24.4 Å². The average molecular weight is 310 g/mol. The van der Waals surface area contributed by atoms with Gasteiger partial charge < -0.3 is 4.90 Å². The molecule has 1 fully saturated rings. The van der Waals surface area contributed by atoms with Crippen molar-refractivity contribution in [1.82, 2.24) is 4.90 Å². The van der Waals surface area contributed by atoms with Crippen LogP contribution in [0.1, 0.15) is 28.8 Å². The van der Waals surface area contributed by atoms with Crippen LogP contribution >= 0.6 is 0 Å². The van der Waals surface area contributed by atoms with E-state index in [2.05, 4.69) is 23.5 Å². The van der Waals surface area contributed by atoms with Crippen LogP contribution < -0.4 is 0 Å². The lowest BCUT2D eigenvalue weighted by Gasteiger charge is -2.31. The summed E-state index contributed by atoms with van der Waals surface area (Å²) >= 11 is 0. The molecule has 1 radical (unpaired) electrons. The fraction of sp³-hybridized carbons (Fsp3) is 0.300. The molecule has 0 amide bonds. The molecule has 3 rings (SSSR count). The van der Waals surface area contributed by atoms with E-state index in [1.165, 1.54) is 17.7 Å². The van der Waals surface area contributed by atoms with Gasteiger partial charge in [0.15, 0.2) is 5.78 Å². The lowest BCUT2D eigenvalue weighted by Crippen LogP contribution is -2.37. The van der Waals surface area contributed by atoms with Crippen LogP contribution in [-0.2, 0) is 0 Å². The fourth-order valence-corrected chi connectivity index (χ4v) is 3.05. The molecule has 1 aliphatic rings. The minimum absolute atomic E-state index is 0.0634. The lowest BCUT2D eigenvalue weighted by atomic mass is 9.89. The molecule has 2 aromatic rings. The SMILES string of the molecule is O=C(c1ccc(F)cc1)C1CCN(C[CH]c2ccccc2)CC1. The highest BCUT2D eigenvalue weighted by Gasteiger charge is 2.25. The molecule has 2 aromatic carbocycles. The smallest absolute Gasteiger partial charge is 0.166 e. The number of hydrogen-bond donors (Lipinski definition) is 0. The topological polar surface area (TPSA) is 20.3 Å². The van der Waals surface area contributed by atoms with E-state index in [1.807, 2.05) is 18.2 Å². The van der Waals surface area contributed by atoms with Crippen LogP contribution in [0.3, 0.4) is 0 Å². The number of piperidine rings is 1. The molecule has 0 aromatic heterocycles. The van der Waals surface area contributed by atoms with Gasteiger partial charge in [-0.2, -0.15) is 0 Å². The van der Waals surface area contributed by atoms with E-state index in [0.29, 0.717) is 5.56 Å². The van der Waals surface area contributed by atoms with Crippen LogP contribution in [0, 0.1) is 18.2 Å². The minimum atomic E-state index is -0.298. The molecule has 0 bridgehead atoms. The van der Waals surface area contributed by atoms with Crippen molar-refractivity contribution in [2.75, 3.05) is 19.6 Å². The zero-order valence-corrected chi connectivity index (χ0v) is 13.1. The highest BCUT2D eigenvalue weighted by atomic mass is 19.1. The lowest BCUT2D eigenvalue weighted by molar-refractivity contribution is 0.0846. The Morgan fingerprint density at radius 2 is 1.70 bits per heavy atom. The van der Waals surface area contributed by atoms with Crippen LogP contribution in [0.4, 0.5) is 4.39 Å². The monoisotopic (exact) mass is 310 g/mol. The summed E-state index contributed by atoms with van der Waals surface area (Å²) in [6.45, 7) is 2.78. The third-order valence-corrected chi connectivity index (χ3v) is 4.47. The second kappa shape index (κ2) is 7.51. The Balaban J connectivity index is 1.48. The molecule has 2 nitrogen and oxygen atoms in total. The molecule has 0 saturated carbocycles. The van der Waals surface area contributed by atoms with E-state index in [4.69, 9.17) is 0 Å². The van der Waals surface area contributed by atoms with Crippen LogP contribution in [0.5, 0.6) is 0 Å². The van der Waals surface area contributed by atoms with Gasteiger partial charge in [-0.1, -0.05) is 30.3 Å². The first-order valence-electron chi connectivity index (χ1n) is 8.13. The van der Waals surface area contributed by atoms with Crippen LogP contribution in [-0.4, -0.2) is 30.3 Å². The van der Waals surface area contributed by atoms with E-state index in [-0.39, 0.29) is 17.5 Å². The zero-order valence-electron chi connectivity index (χ0n) is 13.1. The van der Waals surface area contributed by atoms with Gasteiger partial charge in [0.2, 0.25) is 0 Å². The molecule has 0 spiro atoms. The fourth-order valence-electron chi connectivity index (χ4n) is 3.05. The summed E-state index contributed by atoms with van der Waals surface area (Å²) in [5, 5.41) is 0. The Hall–Kier alpha value is -2.00. The van der Waals surface area contributed by atoms with Gasteiger partial charge in [-0.25, -0.2) is 4.39 Å². The summed E-state index contributed by atoms with van der Waals surface area (Å²) in [6.07, 6.45) is 3.97. The number of carbonyl (C=O) groups excluding carboxylic acids is 1. The first-order valence-corrected chi connectivity index (χ1v) is 8.13. The standard InChI is InChI=1S/C20H21FNO/c21-19-8-6-17(7-9-19)20(23)18-11-14-22(15-12-18)13-10-16-4-2-1-3-5-16/h1-10,18H,11-15H2. The molecular formula is C20H21FNO. The number of likely N-dealkylation sites (tertiary alicyclic amines) is 1. The van der Waals surface area contributed by atoms with Crippen molar-refractivity contribution in [2.24, 2.45) is 5.92 Å². The number of ketones is 1. The maximum atomic E-state index is 12.9. The second-order valence-corrected chi connectivity index (χ2v) is 6.06. The summed E-state index contributed by atoms with van der Waals surface area (Å²) in [7, 11) is 0. The molecule has 1 aliphatic heterocycles. The van der Waals surface area contributed by atoms with Gasteiger partial charge in [0.1, 0.15) is 5.82 Å². The van der Waals surface area contributed by atoms with Gasteiger partial charge in [-0.15, -0.1) is 0 Å². The predicted molar refractivity (Wildman–Crippen MR) is 89.7 cm³/mol. The van der Waals surface area contributed by atoms with E-state index in [9.17, 15) is 9.18 Å². The van der Waals surface area contributed by atoms with Crippen molar-refractivity contribution in [3.05, 3.63) is 78.0 Å². The van der Waals surface area contributed by atoms with Crippen molar-refractivity contribution in [2.45, 2.75) is 12.8 Å². The van der Waals surface area contributed by atoms with Crippen LogP contribution in [0.2, 0.25) is 0 Å². The number of benzene rings is 2. The van der Waals surface area contributed by atoms with E-state index < -0.39 is 0 Å². The van der Waals surface area contributed by atoms with Gasteiger partial charge in [0.05, 0.1) is 0 Å². The summed E-state index contributed by atoms with van der Waals surface area (Å²) < 4.78 is 12.9. The Morgan fingerprint density at radius 1 is 1.04 bits per heavy atom. The Morgan fingerprint density at radius 3 is 2.35 bits per heavy atom. The number of halogens is 1. The third-order valence-electron chi connectivity index (χ3n) is 4.47. The third kappa shape index (κ3) is 4.26. The quantitative estimate of drug-likeness (QED) is 0.779. The minimum Gasteiger partial charge on any atom is -0.303 e. The first-order chi connectivity index (χ1) is 11.2. The normalized spacial score (nSPS) is 16.4. The Kier molecular flexibility index (Phi) is 5.19. The molecule has 0 unspecified atom stereocenters. The Labute approximate surface area is 136 Å². The second-order valence-electron chi connectivity index (χ2n) is 6.06. The molecule has 1 heterocycles. The maximum absolute atomic E-state index is 12.9. The summed E-state index contributed by atoms with van der Waals surface area (Å²) in [6, 6.07) is 16.2. The van der Waals surface area contributed by atoms with Gasteiger partial charge in [0.25, 0.3) is 0 Å². The Bertz CT molecular complexity index is 630. The summed E-state index contributed by atoms with van der Waals surface area (Å²) in [5.74, 6) is -0.0852. The van der Waals surface area contributed by atoms with E-state index >= 15 is 0 Å². The van der Waals surface area contributed by atoms with E-state index in [1.54, 1.807) is 12.1 Å².